The Balaban J connectivity index is 2.23. The summed E-state index contributed by atoms with van der Waals surface area (Å²) in [4.78, 5) is 13.7. The molecule has 0 aromatic carbocycles. The van der Waals surface area contributed by atoms with Crippen LogP contribution in [0.1, 0.15) is 19.5 Å². The second-order valence-electron chi connectivity index (χ2n) is 5.46. The van der Waals surface area contributed by atoms with Gasteiger partial charge in [-0.2, -0.15) is 4.98 Å². The van der Waals surface area contributed by atoms with E-state index >= 15 is 0 Å². The molecule has 0 spiro atoms. The van der Waals surface area contributed by atoms with E-state index < -0.39 is 0 Å². The van der Waals surface area contributed by atoms with Gasteiger partial charge < -0.3 is 9.80 Å². The highest BCUT2D eigenvalue weighted by atomic mass is 127. The van der Waals surface area contributed by atoms with Gasteiger partial charge in [-0.25, -0.2) is 4.98 Å². The van der Waals surface area contributed by atoms with Crippen molar-refractivity contribution in [2.45, 2.75) is 20.3 Å². The molecule has 19 heavy (non-hydrogen) atoms. The summed E-state index contributed by atoms with van der Waals surface area (Å²) in [5.74, 6) is 1.36. The molecule has 1 aliphatic rings. The maximum absolute atomic E-state index is 6.25. The Kier molecular flexibility index (Phi) is 5.25. The molecule has 0 saturated carbocycles. The van der Waals surface area contributed by atoms with Crippen molar-refractivity contribution in [3.05, 3.63) is 14.4 Å². The maximum Gasteiger partial charge on any atom is 0.227 e. The molecule has 0 radical (unpaired) electrons. The van der Waals surface area contributed by atoms with E-state index in [0.29, 0.717) is 11.1 Å². The lowest BCUT2D eigenvalue weighted by Crippen LogP contribution is -2.45. The lowest BCUT2D eigenvalue weighted by molar-refractivity contribution is 0.311. The van der Waals surface area contributed by atoms with E-state index in [1.54, 1.807) is 0 Å². The number of piperazine rings is 1. The van der Waals surface area contributed by atoms with E-state index in [9.17, 15) is 0 Å². The minimum atomic E-state index is 0.569. The van der Waals surface area contributed by atoms with Crippen LogP contribution in [0.2, 0.25) is 5.15 Å². The van der Waals surface area contributed by atoms with Gasteiger partial charge in [-0.05, 0) is 42.0 Å². The van der Waals surface area contributed by atoms with E-state index in [2.05, 4.69) is 58.3 Å². The van der Waals surface area contributed by atoms with Crippen molar-refractivity contribution in [1.29, 1.82) is 0 Å². The third-order valence-electron chi connectivity index (χ3n) is 3.26. The van der Waals surface area contributed by atoms with Gasteiger partial charge in [-0.15, -0.1) is 0 Å². The molecule has 2 rings (SSSR count). The molecule has 1 aromatic rings. The number of anilines is 1. The Morgan fingerprint density at radius 2 is 1.84 bits per heavy atom. The normalized spacial score (nSPS) is 17.3. The second kappa shape index (κ2) is 6.54. The summed E-state index contributed by atoms with van der Waals surface area (Å²) in [7, 11) is 2.14. The molecule has 2 heterocycles. The van der Waals surface area contributed by atoms with Gasteiger partial charge in [0, 0.05) is 26.2 Å². The summed E-state index contributed by atoms with van der Waals surface area (Å²) in [6.07, 6.45) is 0.946. The third kappa shape index (κ3) is 3.92. The van der Waals surface area contributed by atoms with E-state index in [1.807, 2.05) is 0 Å². The Bertz CT molecular complexity index is 445. The van der Waals surface area contributed by atoms with E-state index in [0.717, 1.165) is 47.8 Å². The largest absolute Gasteiger partial charge is 0.338 e. The zero-order chi connectivity index (χ0) is 14.0. The second-order valence-corrected chi connectivity index (χ2v) is 6.90. The quantitative estimate of drug-likeness (QED) is 0.583. The molecule has 0 amide bonds. The van der Waals surface area contributed by atoms with Crippen LogP contribution in [0.3, 0.4) is 0 Å². The fourth-order valence-electron chi connectivity index (χ4n) is 2.12. The zero-order valence-electron chi connectivity index (χ0n) is 11.7. The van der Waals surface area contributed by atoms with E-state index in [-0.39, 0.29) is 0 Å². The first-order valence-electron chi connectivity index (χ1n) is 6.62. The van der Waals surface area contributed by atoms with Crippen molar-refractivity contribution >= 4 is 40.1 Å². The molecule has 4 nitrogen and oxygen atoms in total. The van der Waals surface area contributed by atoms with Crippen LogP contribution in [0.4, 0.5) is 5.95 Å². The molecule has 0 atom stereocenters. The predicted octanol–water partition coefficient (Wildman–Crippen LogP) is 2.68. The number of hydrogen-bond acceptors (Lipinski definition) is 4. The molecule has 1 aliphatic heterocycles. The van der Waals surface area contributed by atoms with Crippen LogP contribution in [-0.4, -0.2) is 48.1 Å². The molecular formula is C13H20ClIN4. The minimum Gasteiger partial charge on any atom is -0.338 e. The fourth-order valence-corrected chi connectivity index (χ4v) is 2.77. The molecule has 6 heteroatoms. The van der Waals surface area contributed by atoms with Crippen molar-refractivity contribution in [2.24, 2.45) is 5.92 Å². The molecule has 1 fully saturated rings. The molecule has 1 aromatic heterocycles. The number of likely N-dealkylation sites (N-methyl/N-ethyl adjacent to an activating group) is 1. The van der Waals surface area contributed by atoms with E-state index in [4.69, 9.17) is 16.6 Å². The highest BCUT2D eigenvalue weighted by Gasteiger charge is 2.19. The molecule has 0 bridgehead atoms. The average molecular weight is 395 g/mol. The highest BCUT2D eigenvalue weighted by Crippen LogP contribution is 2.24. The Hall–Kier alpha value is -0.140. The Morgan fingerprint density at radius 3 is 2.42 bits per heavy atom. The highest BCUT2D eigenvalue weighted by molar-refractivity contribution is 14.1. The summed E-state index contributed by atoms with van der Waals surface area (Å²) in [5, 5.41) is 0.583. The summed E-state index contributed by atoms with van der Waals surface area (Å²) >= 11 is 8.50. The van der Waals surface area contributed by atoms with Crippen LogP contribution in [0, 0.1) is 9.49 Å². The summed E-state index contributed by atoms with van der Waals surface area (Å²) in [5.41, 5.74) is 1.07. The number of hydrogen-bond donors (Lipinski definition) is 0. The lowest BCUT2D eigenvalue weighted by atomic mass is 10.1. The SMILES string of the molecule is CC(C)Cc1nc(N2CCN(C)CC2)nc(Cl)c1I. The van der Waals surface area contributed by atoms with Gasteiger partial charge in [-0.1, -0.05) is 25.4 Å². The first-order chi connectivity index (χ1) is 8.97. The monoisotopic (exact) mass is 394 g/mol. The van der Waals surface area contributed by atoms with Crippen molar-refractivity contribution in [3.63, 3.8) is 0 Å². The molecule has 0 N–H and O–H groups in total. The van der Waals surface area contributed by atoms with Crippen LogP contribution >= 0.6 is 34.2 Å². The lowest BCUT2D eigenvalue weighted by Gasteiger charge is -2.32. The van der Waals surface area contributed by atoms with Crippen LogP contribution in [0.25, 0.3) is 0 Å². The van der Waals surface area contributed by atoms with Gasteiger partial charge in [0.2, 0.25) is 5.95 Å². The third-order valence-corrected chi connectivity index (χ3v) is 4.98. The number of nitrogens with zero attached hydrogens (tertiary/aromatic N) is 4. The summed E-state index contributed by atoms with van der Waals surface area (Å²) in [6.45, 7) is 8.42. The van der Waals surface area contributed by atoms with Crippen LogP contribution in [0.15, 0.2) is 0 Å². The van der Waals surface area contributed by atoms with Gasteiger partial charge in [0.15, 0.2) is 0 Å². The van der Waals surface area contributed by atoms with E-state index in [1.165, 1.54) is 0 Å². The van der Waals surface area contributed by atoms with Gasteiger partial charge in [0.25, 0.3) is 0 Å². The Labute approximate surface area is 133 Å². The average Bonchev–Trinajstić information content (AvgIpc) is 2.35. The molecule has 0 aliphatic carbocycles. The van der Waals surface area contributed by atoms with Crippen LogP contribution < -0.4 is 4.90 Å². The Morgan fingerprint density at radius 1 is 1.21 bits per heavy atom. The van der Waals surface area contributed by atoms with Crippen molar-refractivity contribution in [1.82, 2.24) is 14.9 Å². The summed E-state index contributed by atoms with van der Waals surface area (Å²) in [6, 6.07) is 0. The fraction of sp³-hybridized carbons (Fsp3) is 0.692. The number of halogens is 2. The first kappa shape index (κ1) is 15.3. The number of aromatic nitrogens is 2. The van der Waals surface area contributed by atoms with Gasteiger partial charge in [0.05, 0.1) is 9.26 Å². The van der Waals surface area contributed by atoms with Crippen molar-refractivity contribution in [3.8, 4) is 0 Å². The van der Waals surface area contributed by atoms with Crippen LogP contribution in [-0.2, 0) is 6.42 Å². The first-order valence-corrected chi connectivity index (χ1v) is 8.08. The van der Waals surface area contributed by atoms with Crippen molar-refractivity contribution < 1.29 is 0 Å². The standard InChI is InChI=1S/C13H20ClIN4/c1-9(2)8-10-11(15)12(14)17-13(16-10)19-6-4-18(3)5-7-19/h9H,4-8H2,1-3H3. The predicted molar refractivity (Wildman–Crippen MR) is 88.0 cm³/mol. The smallest absolute Gasteiger partial charge is 0.227 e. The van der Waals surface area contributed by atoms with Crippen molar-refractivity contribution in [2.75, 3.05) is 38.1 Å². The topological polar surface area (TPSA) is 32.3 Å². The molecule has 1 saturated heterocycles. The van der Waals surface area contributed by atoms with Gasteiger partial charge in [0.1, 0.15) is 5.15 Å². The van der Waals surface area contributed by atoms with Gasteiger partial charge in [-0.3, -0.25) is 0 Å². The van der Waals surface area contributed by atoms with Crippen LogP contribution in [0.5, 0.6) is 0 Å². The number of rotatable bonds is 3. The molecular weight excluding hydrogens is 375 g/mol. The van der Waals surface area contributed by atoms with Gasteiger partial charge >= 0.3 is 0 Å². The minimum absolute atomic E-state index is 0.569. The maximum atomic E-state index is 6.25. The summed E-state index contributed by atoms with van der Waals surface area (Å²) < 4.78 is 0.992. The molecule has 106 valence electrons. The zero-order valence-corrected chi connectivity index (χ0v) is 14.6. The molecule has 0 unspecified atom stereocenters.